The first-order valence-corrected chi connectivity index (χ1v) is 8.21. The third-order valence-electron chi connectivity index (χ3n) is 4.98. The fourth-order valence-corrected chi connectivity index (χ4v) is 3.97. The predicted molar refractivity (Wildman–Crippen MR) is 80.3 cm³/mol. The van der Waals surface area contributed by atoms with Crippen molar-refractivity contribution in [3.63, 3.8) is 0 Å². The van der Waals surface area contributed by atoms with Crippen molar-refractivity contribution in [3.05, 3.63) is 0 Å². The van der Waals surface area contributed by atoms with Crippen molar-refractivity contribution in [2.75, 3.05) is 33.2 Å². The van der Waals surface area contributed by atoms with Crippen LogP contribution in [0.3, 0.4) is 0 Å². The fraction of sp³-hybridized carbons (Fsp3) is 1.00. The van der Waals surface area contributed by atoms with Gasteiger partial charge in [0.25, 0.3) is 0 Å². The quantitative estimate of drug-likeness (QED) is 0.663. The topological polar surface area (TPSA) is 35.5 Å². The van der Waals surface area contributed by atoms with E-state index in [2.05, 4.69) is 24.2 Å². The van der Waals surface area contributed by atoms with Crippen molar-refractivity contribution < 1.29 is 5.11 Å². The highest BCUT2D eigenvalue weighted by atomic mass is 16.3. The van der Waals surface area contributed by atoms with Crippen molar-refractivity contribution >= 4 is 0 Å². The van der Waals surface area contributed by atoms with Crippen LogP contribution in [0.25, 0.3) is 0 Å². The predicted octanol–water partition coefficient (Wildman–Crippen LogP) is 2.25. The molecule has 0 aromatic heterocycles. The molecular formula is C16H32N2O. The molecule has 19 heavy (non-hydrogen) atoms. The summed E-state index contributed by atoms with van der Waals surface area (Å²) >= 11 is 0. The van der Waals surface area contributed by atoms with E-state index in [0.29, 0.717) is 5.41 Å². The highest BCUT2D eigenvalue weighted by Gasteiger charge is 2.36. The van der Waals surface area contributed by atoms with E-state index < -0.39 is 0 Å². The molecule has 3 heteroatoms. The van der Waals surface area contributed by atoms with Gasteiger partial charge in [-0.3, -0.25) is 0 Å². The molecule has 0 aromatic rings. The van der Waals surface area contributed by atoms with Crippen molar-refractivity contribution in [1.29, 1.82) is 0 Å². The van der Waals surface area contributed by atoms with Gasteiger partial charge < -0.3 is 15.3 Å². The molecule has 2 N–H and O–H groups in total. The molecule has 0 aromatic carbocycles. The van der Waals surface area contributed by atoms with E-state index in [0.717, 1.165) is 25.3 Å². The van der Waals surface area contributed by atoms with Gasteiger partial charge in [-0.2, -0.15) is 0 Å². The molecule has 0 unspecified atom stereocenters. The van der Waals surface area contributed by atoms with Crippen molar-refractivity contribution in [2.45, 2.75) is 58.0 Å². The summed E-state index contributed by atoms with van der Waals surface area (Å²) in [6.07, 6.45) is 8.85. The number of nitrogens with one attached hydrogen (secondary N) is 1. The molecule has 0 atom stereocenters. The Balaban J connectivity index is 1.75. The van der Waals surface area contributed by atoms with Crippen LogP contribution < -0.4 is 5.32 Å². The molecule has 3 nitrogen and oxygen atoms in total. The average molecular weight is 268 g/mol. The van der Waals surface area contributed by atoms with Gasteiger partial charge in [-0.05, 0) is 57.0 Å². The van der Waals surface area contributed by atoms with Crippen LogP contribution in [0.5, 0.6) is 0 Å². The summed E-state index contributed by atoms with van der Waals surface area (Å²) in [5, 5.41) is 13.0. The molecule has 0 aliphatic heterocycles. The first kappa shape index (κ1) is 15.3. The lowest BCUT2D eigenvalue weighted by Gasteiger charge is -2.39. The summed E-state index contributed by atoms with van der Waals surface area (Å²) in [4.78, 5) is 2.52. The molecule has 2 saturated carbocycles. The molecule has 0 radical (unpaired) electrons. The number of rotatable bonds is 8. The smallest absolute Gasteiger partial charge is 0.0546 e. The summed E-state index contributed by atoms with van der Waals surface area (Å²) in [7, 11) is 2.27. The second-order valence-corrected chi connectivity index (χ2v) is 7.07. The van der Waals surface area contributed by atoms with Crippen LogP contribution in [0.2, 0.25) is 0 Å². The lowest BCUT2D eigenvalue weighted by molar-refractivity contribution is 0.0219. The Labute approximate surface area is 118 Å². The van der Waals surface area contributed by atoms with Gasteiger partial charge in [0.1, 0.15) is 0 Å². The molecule has 0 saturated heterocycles. The zero-order chi connectivity index (χ0) is 13.7. The van der Waals surface area contributed by atoms with Crippen LogP contribution in [0.4, 0.5) is 0 Å². The highest BCUT2D eigenvalue weighted by molar-refractivity contribution is 4.90. The van der Waals surface area contributed by atoms with Gasteiger partial charge in [-0.1, -0.05) is 19.8 Å². The maximum Gasteiger partial charge on any atom is 0.0546 e. The molecule has 2 rings (SSSR count). The summed E-state index contributed by atoms with van der Waals surface area (Å²) in [5.74, 6) is 0.738. The van der Waals surface area contributed by atoms with Gasteiger partial charge in [0.15, 0.2) is 0 Å². The Morgan fingerprint density at radius 3 is 2.53 bits per heavy atom. The molecule has 2 aliphatic carbocycles. The highest BCUT2D eigenvalue weighted by Crippen LogP contribution is 2.38. The summed E-state index contributed by atoms with van der Waals surface area (Å²) in [6, 6.07) is 0. The minimum absolute atomic E-state index is 0.00920. The number of aliphatic hydroxyl groups excluding tert-OH is 1. The van der Waals surface area contributed by atoms with Crippen molar-refractivity contribution in [1.82, 2.24) is 10.2 Å². The monoisotopic (exact) mass is 268 g/mol. The van der Waals surface area contributed by atoms with E-state index in [4.69, 9.17) is 0 Å². The van der Waals surface area contributed by atoms with E-state index in [9.17, 15) is 5.11 Å². The zero-order valence-corrected chi connectivity index (χ0v) is 12.8. The lowest BCUT2D eigenvalue weighted by atomic mass is 9.81. The van der Waals surface area contributed by atoms with Crippen LogP contribution in [0.1, 0.15) is 51.9 Å². The molecule has 2 aliphatic rings. The molecule has 112 valence electrons. The van der Waals surface area contributed by atoms with E-state index in [-0.39, 0.29) is 6.10 Å². The van der Waals surface area contributed by atoms with E-state index >= 15 is 0 Å². The Hall–Kier alpha value is -0.120. The number of nitrogens with zero attached hydrogens (tertiary/aromatic N) is 1. The van der Waals surface area contributed by atoms with E-state index in [1.807, 2.05) is 0 Å². The Morgan fingerprint density at radius 1 is 1.26 bits per heavy atom. The van der Waals surface area contributed by atoms with E-state index in [1.54, 1.807) is 0 Å². The first-order chi connectivity index (χ1) is 9.13. The molecule has 2 fully saturated rings. The SMILES string of the molecule is CCCNCC1(CN(C)CC2CC(O)C2)CCCC1. The number of aliphatic hydroxyl groups is 1. The van der Waals surface area contributed by atoms with Gasteiger partial charge in [-0.15, -0.1) is 0 Å². The lowest BCUT2D eigenvalue weighted by Crippen LogP contribution is -2.44. The third-order valence-corrected chi connectivity index (χ3v) is 4.98. The fourth-order valence-electron chi connectivity index (χ4n) is 3.97. The van der Waals surface area contributed by atoms with Gasteiger partial charge >= 0.3 is 0 Å². The van der Waals surface area contributed by atoms with E-state index in [1.165, 1.54) is 51.7 Å². The van der Waals surface area contributed by atoms with Crippen LogP contribution in [-0.2, 0) is 0 Å². The number of hydrogen-bond donors (Lipinski definition) is 2. The van der Waals surface area contributed by atoms with Crippen molar-refractivity contribution in [2.24, 2.45) is 11.3 Å². The summed E-state index contributed by atoms with van der Waals surface area (Å²) in [5.41, 5.74) is 0.520. The van der Waals surface area contributed by atoms with Crippen molar-refractivity contribution in [3.8, 4) is 0 Å². The standard InChI is InChI=1S/C16H32N2O/c1-3-8-17-12-16(6-4-5-7-16)13-18(2)11-14-9-15(19)10-14/h14-15,17,19H,3-13H2,1-2H3. The number of hydrogen-bond acceptors (Lipinski definition) is 3. The molecule has 0 bridgehead atoms. The van der Waals surface area contributed by atoms with Gasteiger partial charge in [0.2, 0.25) is 0 Å². The maximum atomic E-state index is 9.38. The summed E-state index contributed by atoms with van der Waals surface area (Å²) < 4.78 is 0. The Morgan fingerprint density at radius 2 is 1.95 bits per heavy atom. The largest absolute Gasteiger partial charge is 0.393 e. The van der Waals surface area contributed by atoms with Crippen LogP contribution >= 0.6 is 0 Å². The summed E-state index contributed by atoms with van der Waals surface area (Å²) in [6.45, 7) is 6.99. The molecule has 0 spiro atoms. The Kier molecular flexibility index (Phi) is 5.67. The van der Waals surface area contributed by atoms with Crippen LogP contribution in [0, 0.1) is 11.3 Å². The van der Waals surface area contributed by atoms with Gasteiger partial charge in [-0.25, -0.2) is 0 Å². The molecule has 0 heterocycles. The van der Waals surface area contributed by atoms with Gasteiger partial charge in [0.05, 0.1) is 6.10 Å². The average Bonchev–Trinajstić information content (AvgIpc) is 2.76. The van der Waals surface area contributed by atoms with Gasteiger partial charge in [0, 0.05) is 19.6 Å². The Bertz CT molecular complexity index is 257. The second kappa shape index (κ2) is 7.05. The molecule has 0 amide bonds. The minimum Gasteiger partial charge on any atom is -0.393 e. The van der Waals surface area contributed by atoms with Crippen LogP contribution in [0.15, 0.2) is 0 Å². The van der Waals surface area contributed by atoms with Crippen LogP contribution in [-0.4, -0.2) is 49.3 Å². The second-order valence-electron chi connectivity index (χ2n) is 7.07. The third kappa shape index (κ3) is 4.44. The normalized spacial score (nSPS) is 29.7. The minimum atomic E-state index is -0.00920. The zero-order valence-electron chi connectivity index (χ0n) is 12.8. The first-order valence-electron chi connectivity index (χ1n) is 8.21. The maximum absolute atomic E-state index is 9.38. The molecular weight excluding hydrogens is 236 g/mol.